The number of carboxylic acid groups (broad SMARTS) is 1. The molecule has 3 amide bonds. The van der Waals surface area contributed by atoms with Crippen molar-refractivity contribution in [3.05, 3.63) is 134 Å². The number of nitrogens with one attached hydrogen (secondary N) is 3. The molecular formula is C57H62Br2F3N7O8. The molecule has 5 aromatic rings. The highest BCUT2D eigenvalue weighted by Gasteiger charge is 2.43. The van der Waals surface area contributed by atoms with Crippen LogP contribution in [0.2, 0.25) is 0 Å². The lowest BCUT2D eigenvalue weighted by Gasteiger charge is -2.45. The standard InChI is InChI=1S/C29H29F3N4O3.C15H19BrN2O2.C13H14BrNO3/c1-3-33-28(38)23-12-19-6-5-18(13-24(19)36-10-11-39-16-25(23)36)22-15-21(7-4-17(22)2)35-27(37)20-8-9-34-26(14-20)29(30,31)32;1-2-17-15(19)12-7-10-3-4-11(16)8-13(10)18-5-6-20-9-14(12)18;14-9-2-1-8-5-10(13(16)17)12-7-18-4-3-15(12)11(8)6-9/h4-9,13-15,23,25H,3,10-12,16H2,1-2H3,(H,33,38)(H,35,37);3-4,8,12,14H,2,5-7,9H2,1H3,(H,17,19);1-2,6,10,12H,3-5,7H2,(H,16,17). The molecule has 6 unspecified atom stereocenters. The lowest BCUT2D eigenvalue weighted by Crippen LogP contribution is -2.56. The molecule has 7 heterocycles. The Balaban J connectivity index is 0.000000158. The van der Waals surface area contributed by atoms with E-state index in [1.807, 2.05) is 63.2 Å². The summed E-state index contributed by atoms with van der Waals surface area (Å²) in [5.74, 6) is -1.82. The van der Waals surface area contributed by atoms with E-state index < -0.39 is 23.7 Å². The van der Waals surface area contributed by atoms with Gasteiger partial charge >= 0.3 is 12.1 Å². The number of aryl methyl sites for hydroxylation is 1. The summed E-state index contributed by atoms with van der Waals surface area (Å²) >= 11 is 7.02. The Hall–Kier alpha value is -6.06. The second-order valence-electron chi connectivity index (χ2n) is 19.9. The Labute approximate surface area is 462 Å². The van der Waals surface area contributed by atoms with Crippen LogP contribution in [0.4, 0.5) is 35.9 Å². The smallest absolute Gasteiger partial charge is 0.433 e. The third-order valence-corrected chi connectivity index (χ3v) is 16.1. The second kappa shape index (κ2) is 24.3. The summed E-state index contributed by atoms with van der Waals surface area (Å²) in [7, 11) is 0. The van der Waals surface area contributed by atoms with Gasteiger partial charge < -0.3 is 50.0 Å². The summed E-state index contributed by atoms with van der Waals surface area (Å²) < 4.78 is 58.0. The van der Waals surface area contributed by atoms with E-state index in [1.165, 1.54) is 17.3 Å². The Morgan fingerprint density at radius 3 is 1.62 bits per heavy atom. The summed E-state index contributed by atoms with van der Waals surface area (Å²) in [5, 5.41) is 18.0. The zero-order valence-electron chi connectivity index (χ0n) is 43.0. The average Bonchev–Trinajstić information content (AvgIpc) is 3.48. The third kappa shape index (κ3) is 12.5. The summed E-state index contributed by atoms with van der Waals surface area (Å²) in [6.07, 6.45) is -1.67. The summed E-state index contributed by atoms with van der Waals surface area (Å²) in [4.78, 5) is 59.4. The zero-order valence-corrected chi connectivity index (χ0v) is 46.2. The molecule has 4 aromatic carbocycles. The Morgan fingerprint density at radius 2 is 1.13 bits per heavy atom. The van der Waals surface area contributed by atoms with Gasteiger partial charge in [-0.05, 0) is 128 Å². The fourth-order valence-corrected chi connectivity index (χ4v) is 12.0. The number of fused-ring (bicyclic) bond motifs is 9. The number of hydrogen-bond donors (Lipinski definition) is 4. The number of anilines is 4. The van der Waals surface area contributed by atoms with Crippen LogP contribution in [0.1, 0.15) is 52.2 Å². The lowest BCUT2D eigenvalue weighted by atomic mass is 9.83. The molecule has 6 aliphatic rings. The quantitative estimate of drug-likeness (QED) is 0.117. The molecule has 11 rings (SSSR count). The summed E-state index contributed by atoms with van der Waals surface area (Å²) in [6.45, 7) is 13.0. The SMILES string of the molecule is CCNC(=O)C1Cc2ccc(-c3cc(NC(=O)c4ccnc(C(F)(F)F)c4)ccc3C)cc2N2CCOCC12.CCNC(=O)C1Cc2ccc(Br)cc2N2CCOCC12.O=C(O)C1Cc2ccc(Br)cc2N2CCOCC12. The van der Waals surface area contributed by atoms with Crippen LogP contribution >= 0.6 is 31.9 Å². The van der Waals surface area contributed by atoms with Crippen LogP contribution in [0.5, 0.6) is 0 Å². The average molecular weight is 1190 g/mol. The van der Waals surface area contributed by atoms with Crippen molar-refractivity contribution in [2.24, 2.45) is 17.8 Å². The van der Waals surface area contributed by atoms with Gasteiger partial charge in [0, 0.05) is 76.2 Å². The summed E-state index contributed by atoms with van der Waals surface area (Å²) in [6, 6.07) is 26.0. The highest BCUT2D eigenvalue weighted by atomic mass is 79.9. The number of alkyl halides is 3. The van der Waals surface area contributed by atoms with Crippen LogP contribution in [0.25, 0.3) is 11.1 Å². The van der Waals surface area contributed by atoms with E-state index in [9.17, 15) is 37.5 Å². The van der Waals surface area contributed by atoms with Crippen molar-refractivity contribution >= 4 is 78.3 Å². The molecule has 3 saturated heterocycles. The van der Waals surface area contributed by atoms with Gasteiger partial charge in [0.1, 0.15) is 5.69 Å². The van der Waals surface area contributed by atoms with Gasteiger partial charge in [-0.1, -0.05) is 62.2 Å². The van der Waals surface area contributed by atoms with Crippen LogP contribution in [-0.4, -0.2) is 124 Å². The number of ether oxygens (including phenoxy) is 3. The number of morpholine rings is 3. The Morgan fingerprint density at radius 1 is 0.649 bits per heavy atom. The molecule has 4 N–H and O–H groups in total. The first kappa shape index (κ1) is 55.7. The van der Waals surface area contributed by atoms with Gasteiger partial charge in [-0.15, -0.1) is 0 Å². The maximum atomic E-state index is 13.0. The number of aromatic nitrogens is 1. The first-order valence-electron chi connectivity index (χ1n) is 26.0. The number of rotatable bonds is 8. The molecule has 20 heteroatoms. The van der Waals surface area contributed by atoms with Crippen LogP contribution in [-0.2, 0) is 54.0 Å². The molecule has 6 aliphatic heterocycles. The highest BCUT2D eigenvalue weighted by Crippen LogP contribution is 2.41. The van der Waals surface area contributed by atoms with Crippen molar-refractivity contribution in [1.82, 2.24) is 15.6 Å². The van der Waals surface area contributed by atoms with Crippen molar-refractivity contribution in [3.63, 3.8) is 0 Å². The molecule has 1 aromatic heterocycles. The number of nitrogens with zero attached hydrogens (tertiary/aromatic N) is 4. The van der Waals surface area contributed by atoms with Gasteiger partial charge in [0.05, 0.1) is 75.5 Å². The van der Waals surface area contributed by atoms with Gasteiger partial charge in [0.15, 0.2) is 0 Å². The normalized spacial score (nSPS) is 22.1. The van der Waals surface area contributed by atoms with Gasteiger partial charge in [0.2, 0.25) is 11.8 Å². The lowest BCUT2D eigenvalue weighted by molar-refractivity contribution is -0.144. The topological polar surface area (TPSA) is 175 Å². The zero-order chi connectivity index (χ0) is 54.5. The number of aliphatic carboxylic acids is 1. The number of hydrogen-bond acceptors (Lipinski definition) is 11. The molecular weight excluding hydrogens is 1130 g/mol. The van der Waals surface area contributed by atoms with Crippen molar-refractivity contribution < 1.29 is 51.7 Å². The fourth-order valence-electron chi connectivity index (χ4n) is 11.3. The van der Waals surface area contributed by atoms with Gasteiger partial charge in [0.25, 0.3) is 5.91 Å². The number of carbonyl (C=O) groups is 4. The molecule has 408 valence electrons. The summed E-state index contributed by atoms with van der Waals surface area (Å²) in [5.41, 5.74) is 8.92. The number of benzene rings is 4. The predicted octanol–water partition coefficient (Wildman–Crippen LogP) is 8.72. The van der Waals surface area contributed by atoms with Crippen LogP contribution in [0.3, 0.4) is 0 Å². The number of amides is 3. The number of carboxylic acids is 1. The van der Waals surface area contributed by atoms with Crippen molar-refractivity contribution in [2.75, 3.05) is 92.4 Å². The van der Waals surface area contributed by atoms with Crippen LogP contribution in [0, 0.1) is 24.7 Å². The minimum absolute atomic E-state index is 0.0241. The monoisotopic (exact) mass is 1190 g/mol. The van der Waals surface area contributed by atoms with Crippen LogP contribution in [0.15, 0.2) is 100 Å². The Kier molecular flexibility index (Phi) is 17.6. The van der Waals surface area contributed by atoms with E-state index in [0.717, 1.165) is 86.5 Å². The molecule has 0 aliphatic carbocycles. The van der Waals surface area contributed by atoms with Crippen molar-refractivity contribution in [2.45, 2.75) is 64.3 Å². The molecule has 0 bridgehead atoms. The number of halogens is 5. The Bertz CT molecular complexity index is 3000. The van der Waals surface area contributed by atoms with Gasteiger partial charge in [-0.2, -0.15) is 13.2 Å². The van der Waals surface area contributed by atoms with Gasteiger partial charge in [-0.25, -0.2) is 0 Å². The molecule has 77 heavy (non-hydrogen) atoms. The minimum atomic E-state index is -4.64. The number of carbonyl (C=O) groups excluding carboxylic acids is 3. The molecule has 0 saturated carbocycles. The van der Waals surface area contributed by atoms with E-state index in [4.69, 9.17) is 14.2 Å². The van der Waals surface area contributed by atoms with E-state index >= 15 is 0 Å². The van der Waals surface area contributed by atoms with Crippen molar-refractivity contribution in [1.29, 1.82) is 0 Å². The molecule has 6 atom stereocenters. The van der Waals surface area contributed by atoms with E-state index in [0.29, 0.717) is 71.2 Å². The molecule has 3 fully saturated rings. The third-order valence-electron chi connectivity index (χ3n) is 15.1. The molecule has 0 radical (unpaired) electrons. The number of pyridine rings is 1. The fraction of sp³-hybridized carbons (Fsp3) is 0.421. The predicted molar refractivity (Wildman–Crippen MR) is 295 cm³/mol. The maximum Gasteiger partial charge on any atom is 0.433 e. The molecule has 0 spiro atoms. The van der Waals surface area contributed by atoms with Gasteiger partial charge in [-0.3, -0.25) is 24.2 Å². The maximum absolute atomic E-state index is 13.0. The van der Waals surface area contributed by atoms with Crippen molar-refractivity contribution in [3.8, 4) is 11.1 Å². The first-order valence-corrected chi connectivity index (χ1v) is 27.6. The molecule has 15 nitrogen and oxygen atoms in total. The van der Waals surface area contributed by atoms with Crippen LogP contribution < -0.4 is 30.7 Å². The minimum Gasteiger partial charge on any atom is -0.481 e. The first-order chi connectivity index (χ1) is 37.0. The highest BCUT2D eigenvalue weighted by molar-refractivity contribution is 9.10. The van der Waals surface area contributed by atoms with E-state index in [1.54, 1.807) is 6.07 Å². The second-order valence-corrected chi connectivity index (χ2v) is 21.7. The largest absolute Gasteiger partial charge is 0.481 e. The van der Waals surface area contributed by atoms with E-state index in [-0.39, 0.29) is 53.3 Å². The van der Waals surface area contributed by atoms with E-state index in [2.05, 4.69) is 91.8 Å².